The van der Waals surface area contributed by atoms with Gasteiger partial charge < -0.3 is 4.74 Å². The van der Waals surface area contributed by atoms with Crippen LogP contribution in [0.2, 0.25) is 0 Å². The molecule has 1 fully saturated rings. The maximum Gasteiger partial charge on any atom is 0.150 e. The van der Waals surface area contributed by atoms with E-state index in [0.29, 0.717) is 12.2 Å². The van der Waals surface area contributed by atoms with Crippen molar-refractivity contribution in [3.05, 3.63) is 65.2 Å². The van der Waals surface area contributed by atoms with Crippen molar-refractivity contribution in [1.29, 1.82) is 0 Å². The van der Waals surface area contributed by atoms with E-state index in [2.05, 4.69) is 24.3 Å². The van der Waals surface area contributed by atoms with Crippen LogP contribution in [0.5, 0.6) is 5.75 Å². The molecule has 0 spiro atoms. The van der Waals surface area contributed by atoms with E-state index < -0.39 is 0 Å². The summed E-state index contributed by atoms with van der Waals surface area (Å²) in [6.45, 7) is 0.535. The highest BCUT2D eigenvalue weighted by Gasteiger charge is 2.15. The van der Waals surface area contributed by atoms with Crippen LogP contribution in [-0.4, -0.2) is 6.29 Å². The molecule has 0 aliphatic heterocycles. The number of carbonyl (C=O) groups excluding carboxylic acids is 1. The molecule has 0 radical (unpaired) electrons. The van der Waals surface area contributed by atoms with Gasteiger partial charge in [0.1, 0.15) is 18.6 Å². The summed E-state index contributed by atoms with van der Waals surface area (Å²) in [5.41, 5.74) is 3.27. The second-order valence-electron chi connectivity index (χ2n) is 6.06. The molecule has 114 valence electrons. The van der Waals surface area contributed by atoms with Crippen molar-refractivity contribution in [2.75, 3.05) is 0 Å². The maximum absolute atomic E-state index is 10.8. The molecule has 0 aromatic heterocycles. The molecule has 1 saturated carbocycles. The highest BCUT2D eigenvalue weighted by Crippen LogP contribution is 2.32. The van der Waals surface area contributed by atoms with Crippen molar-refractivity contribution < 1.29 is 9.53 Å². The van der Waals surface area contributed by atoms with Gasteiger partial charge in [0.25, 0.3) is 0 Å². The van der Waals surface area contributed by atoms with E-state index in [1.165, 1.54) is 37.7 Å². The van der Waals surface area contributed by atoms with E-state index in [4.69, 9.17) is 4.74 Å². The predicted octanol–water partition coefficient (Wildman–Crippen LogP) is 5.13. The zero-order valence-electron chi connectivity index (χ0n) is 12.8. The van der Waals surface area contributed by atoms with Gasteiger partial charge in [-0.3, -0.25) is 4.79 Å². The normalized spacial score (nSPS) is 15.5. The van der Waals surface area contributed by atoms with Crippen molar-refractivity contribution in [3.63, 3.8) is 0 Å². The monoisotopic (exact) mass is 294 g/mol. The van der Waals surface area contributed by atoms with Crippen LogP contribution in [0.15, 0.2) is 48.5 Å². The van der Waals surface area contributed by atoms with Crippen molar-refractivity contribution in [2.45, 2.75) is 44.6 Å². The number of carbonyl (C=O) groups is 1. The number of benzene rings is 2. The summed E-state index contributed by atoms with van der Waals surface area (Å²) in [6, 6.07) is 16.1. The fraction of sp³-hybridized carbons (Fsp3) is 0.350. The van der Waals surface area contributed by atoms with Crippen LogP contribution in [0.3, 0.4) is 0 Å². The van der Waals surface area contributed by atoms with Crippen LogP contribution in [0, 0.1) is 0 Å². The molecule has 22 heavy (non-hydrogen) atoms. The Kier molecular flexibility index (Phi) is 4.89. The first-order valence-corrected chi connectivity index (χ1v) is 8.12. The SMILES string of the molecule is O=Cc1cccc(OCc2ccc(C3CCCCC3)cc2)c1. The predicted molar refractivity (Wildman–Crippen MR) is 88.4 cm³/mol. The lowest BCUT2D eigenvalue weighted by Gasteiger charge is -2.22. The molecule has 2 aromatic carbocycles. The summed E-state index contributed by atoms with van der Waals surface area (Å²) in [5.74, 6) is 1.48. The summed E-state index contributed by atoms with van der Waals surface area (Å²) in [4.78, 5) is 10.8. The summed E-state index contributed by atoms with van der Waals surface area (Å²) in [6.07, 6.45) is 7.61. The number of ether oxygens (including phenoxy) is 1. The van der Waals surface area contributed by atoms with Crippen LogP contribution < -0.4 is 4.74 Å². The maximum atomic E-state index is 10.8. The average molecular weight is 294 g/mol. The lowest BCUT2D eigenvalue weighted by atomic mass is 9.84. The molecule has 0 bridgehead atoms. The first kappa shape index (κ1) is 14.8. The van der Waals surface area contributed by atoms with Gasteiger partial charge in [0, 0.05) is 5.56 Å². The first-order chi connectivity index (χ1) is 10.8. The Balaban J connectivity index is 1.59. The van der Waals surface area contributed by atoms with E-state index in [9.17, 15) is 4.79 Å². The summed E-state index contributed by atoms with van der Waals surface area (Å²) < 4.78 is 5.76. The smallest absolute Gasteiger partial charge is 0.150 e. The molecular weight excluding hydrogens is 272 g/mol. The Hall–Kier alpha value is -2.09. The van der Waals surface area contributed by atoms with Gasteiger partial charge in [-0.05, 0) is 42.0 Å². The molecule has 0 saturated heterocycles. The molecule has 3 rings (SSSR count). The number of aldehydes is 1. The van der Waals surface area contributed by atoms with E-state index in [-0.39, 0.29) is 0 Å². The molecule has 1 aliphatic carbocycles. The first-order valence-electron chi connectivity index (χ1n) is 8.12. The zero-order valence-corrected chi connectivity index (χ0v) is 12.8. The van der Waals surface area contributed by atoms with Gasteiger partial charge in [-0.2, -0.15) is 0 Å². The Morgan fingerprint density at radius 1 is 1.00 bits per heavy atom. The minimum absolute atomic E-state index is 0.535. The topological polar surface area (TPSA) is 26.3 Å². The van der Waals surface area contributed by atoms with Gasteiger partial charge >= 0.3 is 0 Å². The van der Waals surface area contributed by atoms with E-state index in [0.717, 1.165) is 23.5 Å². The number of hydrogen-bond acceptors (Lipinski definition) is 2. The lowest BCUT2D eigenvalue weighted by Crippen LogP contribution is -2.04. The van der Waals surface area contributed by atoms with Gasteiger partial charge in [-0.1, -0.05) is 55.7 Å². The minimum atomic E-state index is 0.535. The van der Waals surface area contributed by atoms with Crippen molar-refractivity contribution in [3.8, 4) is 5.75 Å². The molecule has 1 aliphatic rings. The van der Waals surface area contributed by atoms with Gasteiger partial charge in [0.2, 0.25) is 0 Å². The second-order valence-corrected chi connectivity index (χ2v) is 6.06. The Morgan fingerprint density at radius 2 is 1.77 bits per heavy atom. The van der Waals surface area contributed by atoms with Crippen molar-refractivity contribution in [1.82, 2.24) is 0 Å². The second kappa shape index (κ2) is 7.26. The highest BCUT2D eigenvalue weighted by molar-refractivity contribution is 5.75. The number of rotatable bonds is 5. The Bertz CT molecular complexity index is 610. The highest BCUT2D eigenvalue weighted by atomic mass is 16.5. The van der Waals surface area contributed by atoms with Gasteiger partial charge in [-0.25, -0.2) is 0 Å². The third kappa shape index (κ3) is 3.76. The Labute approximate surface area is 132 Å². The molecule has 0 atom stereocenters. The Morgan fingerprint density at radius 3 is 2.50 bits per heavy atom. The van der Waals surface area contributed by atoms with Crippen molar-refractivity contribution >= 4 is 6.29 Å². The molecule has 0 amide bonds. The van der Waals surface area contributed by atoms with Gasteiger partial charge in [0.15, 0.2) is 0 Å². The van der Waals surface area contributed by atoms with E-state index in [1.807, 2.05) is 12.1 Å². The molecule has 0 heterocycles. The van der Waals surface area contributed by atoms with Crippen LogP contribution in [0.1, 0.15) is 59.5 Å². The average Bonchev–Trinajstić information content (AvgIpc) is 2.61. The molecule has 0 N–H and O–H groups in total. The van der Waals surface area contributed by atoms with Gasteiger partial charge in [0.05, 0.1) is 0 Å². The minimum Gasteiger partial charge on any atom is -0.489 e. The molecule has 2 heteroatoms. The van der Waals surface area contributed by atoms with Crippen LogP contribution in [0.25, 0.3) is 0 Å². The van der Waals surface area contributed by atoms with Crippen molar-refractivity contribution in [2.24, 2.45) is 0 Å². The zero-order chi connectivity index (χ0) is 15.2. The summed E-state index contributed by atoms with van der Waals surface area (Å²) in [5, 5.41) is 0. The summed E-state index contributed by atoms with van der Waals surface area (Å²) >= 11 is 0. The quantitative estimate of drug-likeness (QED) is 0.715. The third-order valence-corrected chi connectivity index (χ3v) is 4.46. The molecule has 2 aromatic rings. The van der Waals surface area contributed by atoms with E-state index >= 15 is 0 Å². The lowest BCUT2D eigenvalue weighted by molar-refractivity contribution is 0.112. The molecule has 2 nitrogen and oxygen atoms in total. The molecular formula is C20H22O2. The van der Waals surface area contributed by atoms with E-state index in [1.54, 1.807) is 12.1 Å². The van der Waals surface area contributed by atoms with Crippen LogP contribution in [-0.2, 0) is 6.61 Å². The van der Waals surface area contributed by atoms with Gasteiger partial charge in [-0.15, -0.1) is 0 Å². The third-order valence-electron chi connectivity index (χ3n) is 4.46. The standard InChI is InChI=1S/C20H22O2/c21-14-17-5-4-8-20(13-17)22-15-16-9-11-19(12-10-16)18-6-2-1-3-7-18/h4-5,8-14,18H,1-3,6-7,15H2. The largest absolute Gasteiger partial charge is 0.489 e. The van der Waals surface area contributed by atoms with Crippen LogP contribution in [0.4, 0.5) is 0 Å². The number of hydrogen-bond donors (Lipinski definition) is 0. The summed E-state index contributed by atoms with van der Waals surface area (Å²) in [7, 11) is 0. The fourth-order valence-corrected chi connectivity index (χ4v) is 3.17. The fourth-order valence-electron chi connectivity index (χ4n) is 3.17. The van der Waals surface area contributed by atoms with Crippen LogP contribution >= 0.6 is 0 Å². The molecule has 0 unspecified atom stereocenters.